The highest BCUT2D eigenvalue weighted by atomic mass is 16.2. The van der Waals surface area contributed by atoms with Gasteiger partial charge < -0.3 is 16.4 Å². The first-order valence-electron chi connectivity index (χ1n) is 6.09. The van der Waals surface area contributed by atoms with Crippen molar-refractivity contribution < 1.29 is 9.59 Å². The van der Waals surface area contributed by atoms with E-state index in [1.807, 2.05) is 7.05 Å². The SMILES string of the molecule is CN1Cc2cc(C(N)=O)nn2CC2(CNC(=O)N2)C1. The first-order chi connectivity index (χ1) is 8.97. The van der Waals surface area contributed by atoms with Gasteiger partial charge in [-0.2, -0.15) is 5.10 Å². The number of nitrogens with two attached hydrogens (primary N) is 1. The molecule has 1 atom stereocenters. The number of amides is 3. The molecule has 2 aliphatic heterocycles. The molecule has 3 amide bonds. The number of nitrogens with one attached hydrogen (secondary N) is 2. The van der Waals surface area contributed by atoms with Crippen molar-refractivity contribution in [3.05, 3.63) is 17.5 Å². The number of carbonyl (C=O) groups is 2. The zero-order chi connectivity index (χ0) is 13.6. The minimum atomic E-state index is -0.536. The average Bonchev–Trinajstić information content (AvgIpc) is 2.81. The summed E-state index contributed by atoms with van der Waals surface area (Å²) in [6, 6.07) is 1.54. The van der Waals surface area contributed by atoms with E-state index in [4.69, 9.17) is 5.73 Å². The Bertz CT molecular complexity index is 553. The van der Waals surface area contributed by atoms with E-state index in [9.17, 15) is 9.59 Å². The van der Waals surface area contributed by atoms with Crippen molar-refractivity contribution in [3.63, 3.8) is 0 Å². The van der Waals surface area contributed by atoms with Gasteiger partial charge >= 0.3 is 6.03 Å². The summed E-state index contributed by atoms with van der Waals surface area (Å²) in [4.78, 5) is 24.7. The lowest BCUT2D eigenvalue weighted by Gasteiger charge is -2.29. The maximum Gasteiger partial charge on any atom is 0.315 e. The molecule has 19 heavy (non-hydrogen) atoms. The molecule has 0 radical (unpaired) electrons. The van der Waals surface area contributed by atoms with Gasteiger partial charge in [0.25, 0.3) is 5.91 Å². The summed E-state index contributed by atoms with van der Waals surface area (Å²) >= 11 is 0. The van der Waals surface area contributed by atoms with Gasteiger partial charge in [-0.05, 0) is 13.1 Å². The number of hydrogen-bond donors (Lipinski definition) is 3. The fraction of sp³-hybridized carbons (Fsp3) is 0.545. The van der Waals surface area contributed by atoms with E-state index < -0.39 is 11.4 Å². The summed E-state index contributed by atoms with van der Waals surface area (Å²) in [5, 5.41) is 9.95. The Morgan fingerprint density at radius 2 is 2.32 bits per heavy atom. The molecule has 3 heterocycles. The average molecular weight is 264 g/mol. The van der Waals surface area contributed by atoms with Crippen molar-refractivity contribution in [2.45, 2.75) is 18.6 Å². The van der Waals surface area contributed by atoms with Crippen molar-refractivity contribution >= 4 is 11.9 Å². The third-order valence-corrected chi connectivity index (χ3v) is 3.54. The molecule has 2 aliphatic rings. The monoisotopic (exact) mass is 264 g/mol. The van der Waals surface area contributed by atoms with Crippen LogP contribution in [-0.4, -0.2) is 52.3 Å². The Balaban J connectivity index is 1.97. The number of nitrogens with zero attached hydrogens (tertiary/aromatic N) is 3. The third kappa shape index (κ3) is 2.03. The lowest BCUT2D eigenvalue weighted by molar-refractivity contribution is 0.0994. The van der Waals surface area contributed by atoms with Crippen LogP contribution in [0.1, 0.15) is 16.2 Å². The lowest BCUT2D eigenvalue weighted by atomic mass is 10.0. The van der Waals surface area contributed by atoms with Crippen molar-refractivity contribution in [2.75, 3.05) is 20.1 Å². The first kappa shape index (κ1) is 12.0. The number of primary amides is 1. The number of rotatable bonds is 1. The van der Waals surface area contributed by atoms with Gasteiger partial charge in [-0.1, -0.05) is 0 Å². The van der Waals surface area contributed by atoms with Crippen LogP contribution in [0, 0.1) is 0 Å². The summed E-state index contributed by atoms with van der Waals surface area (Å²) in [7, 11) is 1.97. The number of aromatic nitrogens is 2. The van der Waals surface area contributed by atoms with Crippen LogP contribution in [0.15, 0.2) is 6.07 Å². The molecule has 8 nitrogen and oxygen atoms in total. The highest BCUT2D eigenvalue weighted by Crippen LogP contribution is 2.21. The minimum Gasteiger partial charge on any atom is -0.364 e. The molecule has 4 N–H and O–H groups in total. The molecule has 0 saturated carbocycles. The minimum absolute atomic E-state index is 0.167. The molecule has 3 rings (SSSR count). The number of fused-ring (bicyclic) bond motifs is 1. The number of carbonyl (C=O) groups excluding carboxylic acids is 2. The molecule has 0 aromatic carbocycles. The molecule has 102 valence electrons. The lowest BCUT2D eigenvalue weighted by Crippen LogP contribution is -2.53. The van der Waals surface area contributed by atoms with E-state index in [0.717, 1.165) is 12.2 Å². The van der Waals surface area contributed by atoms with Crippen LogP contribution in [-0.2, 0) is 13.1 Å². The maximum absolute atomic E-state index is 11.4. The summed E-state index contributed by atoms with van der Waals surface area (Å²) in [5.41, 5.74) is 6.05. The van der Waals surface area contributed by atoms with E-state index in [0.29, 0.717) is 19.6 Å². The molecule has 1 spiro atoms. The fourth-order valence-electron chi connectivity index (χ4n) is 2.80. The van der Waals surface area contributed by atoms with Crippen LogP contribution in [0.3, 0.4) is 0 Å². The molecule has 0 aliphatic carbocycles. The Kier molecular flexibility index (Phi) is 2.49. The van der Waals surface area contributed by atoms with E-state index in [1.54, 1.807) is 10.7 Å². The van der Waals surface area contributed by atoms with Crippen LogP contribution in [0.25, 0.3) is 0 Å². The zero-order valence-corrected chi connectivity index (χ0v) is 10.6. The van der Waals surface area contributed by atoms with Gasteiger partial charge in [-0.3, -0.25) is 14.4 Å². The number of urea groups is 1. The second-order valence-corrected chi connectivity index (χ2v) is 5.30. The normalized spacial score (nSPS) is 26.7. The van der Waals surface area contributed by atoms with Gasteiger partial charge in [0.1, 0.15) is 5.69 Å². The summed E-state index contributed by atoms with van der Waals surface area (Å²) in [5.74, 6) is -0.536. The summed E-state index contributed by atoms with van der Waals surface area (Å²) in [6.07, 6.45) is 0. The fourth-order valence-corrected chi connectivity index (χ4v) is 2.80. The van der Waals surface area contributed by atoms with E-state index in [2.05, 4.69) is 20.6 Å². The molecular weight excluding hydrogens is 248 g/mol. The second-order valence-electron chi connectivity index (χ2n) is 5.30. The molecule has 0 bridgehead atoms. The van der Waals surface area contributed by atoms with Crippen LogP contribution in [0.4, 0.5) is 4.79 Å². The molecule has 1 aromatic rings. The first-order valence-corrected chi connectivity index (χ1v) is 6.09. The van der Waals surface area contributed by atoms with E-state index in [1.165, 1.54) is 0 Å². The maximum atomic E-state index is 11.4. The third-order valence-electron chi connectivity index (χ3n) is 3.54. The Morgan fingerprint density at radius 3 is 2.95 bits per heavy atom. The van der Waals surface area contributed by atoms with Gasteiger partial charge in [0.05, 0.1) is 17.8 Å². The van der Waals surface area contributed by atoms with Crippen LogP contribution in [0.5, 0.6) is 0 Å². The zero-order valence-electron chi connectivity index (χ0n) is 10.6. The Hall–Kier alpha value is -2.09. The summed E-state index contributed by atoms with van der Waals surface area (Å²) in [6.45, 7) is 2.46. The van der Waals surface area contributed by atoms with Gasteiger partial charge in [0.2, 0.25) is 0 Å². The second kappa shape index (κ2) is 3.95. The molecule has 1 aromatic heterocycles. The molecule has 1 unspecified atom stereocenters. The number of likely N-dealkylation sites (N-methyl/N-ethyl adjacent to an activating group) is 1. The molecule has 1 fully saturated rings. The standard InChI is InChI=1S/C11H16N6O2/c1-16-3-7-2-8(9(12)18)15-17(7)6-11(5-16)4-13-10(19)14-11/h2H,3-6H2,1H3,(H2,12,18)(H2,13,14,19). The van der Waals surface area contributed by atoms with Crippen molar-refractivity contribution in [1.82, 2.24) is 25.3 Å². The Morgan fingerprint density at radius 1 is 1.53 bits per heavy atom. The highest BCUT2D eigenvalue weighted by Gasteiger charge is 2.41. The predicted octanol–water partition coefficient (Wildman–Crippen LogP) is -1.52. The molecule has 1 saturated heterocycles. The van der Waals surface area contributed by atoms with Crippen LogP contribution < -0.4 is 16.4 Å². The predicted molar refractivity (Wildman–Crippen MR) is 66.3 cm³/mol. The topological polar surface area (TPSA) is 105 Å². The summed E-state index contributed by atoms with van der Waals surface area (Å²) < 4.78 is 1.76. The smallest absolute Gasteiger partial charge is 0.315 e. The molecular formula is C11H16N6O2. The largest absolute Gasteiger partial charge is 0.364 e. The number of hydrogen-bond acceptors (Lipinski definition) is 4. The van der Waals surface area contributed by atoms with Gasteiger partial charge in [-0.25, -0.2) is 4.79 Å². The highest BCUT2D eigenvalue weighted by molar-refractivity contribution is 5.90. The van der Waals surface area contributed by atoms with Crippen molar-refractivity contribution in [1.29, 1.82) is 0 Å². The molecule has 8 heteroatoms. The van der Waals surface area contributed by atoms with Gasteiger partial charge in [0.15, 0.2) is 0 Å². The van der Waals surface area contributed by atoms with Crippen LogP contribution >= 0.6 is 0 Å². The van der Waals surface area contributed by atoms with E-state index >= 15 is 0 Å². The van der Waals surface area contributed by atoms with E-state index in [-0.39, 0.29) is 11.7 Å². The van der Waals surface area contributed by atoms with Crippen LogP contribution in [0.2, 0.25) is 0 Å². The van der Waals surface area contributed by atoms with Gasteiger partial charge in [-0.15, -0.1) is 0 Å². The van der Waals surface area contributed by atoms with Crippen molar-refractivity contribution in [2.24, 2.45) is 5.73 Å². The quantitative estimate of drug-likeness (QED) is 0.572. The Labute approximate surface area is 109 Å². The van der Waals surface area contributed by atoms with Gasteiger partial charge in [0, 0.05) is 19.6 Å². The van der Waals surface area contributed by atoms with Crippen molar-refractivity contribution in [3.8, 4) is 0 Å².